The molecule has 0 bridgehead atoms. The molecule has 0 radical (unpaired) electrons. The molecular weight excluding hydrogens is 425 g/mol. The molecular formula is C21H22ClF3O3S. The van der Waals surface area contributed by atoms with Crippen LogP contribution in [-0.2, 0) is 20.8 Å². The van der Waals surface area contributed by atoms with E-state index in [4.69, 9.17) is 16.3 Å². The highest BCUT2D eigenvalue weighted by Crippen LogP contribution is 2.51. The van der Waals surface area contributed by atoms with Crippen LogP contribution in [0, 0.1) is 0 Å². The van der Waals surface area contributed by atoms with Gasteiger partial charge < -0.3 is 4.74 Å². The maximum absolute atomic E-state index is 13.7. The summed E-state index contributed by atoms with van der Waals surface area (Å²) in [6.45, 7) is 5.37. The highest BCUT2D eigenvalue weighted by molar-refractivity contribution is 7.92. The summed E-state index contributed by atoms with van der Waals surface area (Å²) < 4.78 is 71.4. The zero-order valence-electron chi connectivity index (χ0n) is 16.3. The molecule has 0 spiro atoms. The minimum atomic E-state index is -4.63. The van der Waals surface area contributed by atoms with Crippen LogP contribution in [-0.4, -0.2) is 25.4 Å². The Bertz CT molecular complexity index is 1000. The number of rotatable bonds is 3. The van der Waals surface area contributed by atoms with E-state index in [-0.39, 0.29) is 17.9 Å². The average Bonchev–Trinajstić information content (AvgIpc) is 2.62. The minimum absolute atomic E-state index is 0.155. The van der Waals surface area contributed by atoms with E-state index in [0.717, 1.165) is 12.1 Å². The van der Waals surface area contributed by atoms with Crippen molar-refractivity contribution in [3.8, 4) is 0 Å². The number of benzene rings is 2. The summed E-state index contributed by atoms with van der Waals surface area (Å²) in [5.74, 6) is -0.611. The van der Waals surface area contributed by atoms with E-state index in [0.29, 0.717) is 16.7 Å². The molecule has 1 aliphatic heterocycles. The van der Waals surface area contributed by atoms with Crippen LogP contribution in [0.15, 0.2) is 53.4 Å². The third-order valence-electron chi connectivity index (χ3n) is 5.67. The van der Waals surface area contributed by atoms with Crippen LogP contribution in [0.5, 0.6) is 0 Å². The molecule has 2 aromatic carbocycles. The molecule has 29 heavy (non-hydrogen) atoms. The van der Waals surface area contributed by atoms with Crippen LogP contribution in [0.3, 0.4) is 0 Å². The highest BCUT2D eigenvalue weighted by Gasteiger charge is 2.56. The molecule has 1 aliphatic rings. The van der Waals surface area contributed by atoms with Gasteiger partial charge in [0.2, 0.25) is 0 Å². The monoisotopic (exact) mass is 446 g/mol. The summed E-state index contributed by atoms with van der Waals surface area (Å²) in [6, 6.07) is 10.7. The van der Waals surface area contributed by atoms with E-state index < -0.39 is 37.8 Å². The predicted octanol–water partition coefficient (Wildman–Crippen LogP) is 5.87. The number of halogens is 4. The first-order valence-electron chi connectivity index (χ1n) is 9.10. The first-order chi connectivity index (χ1) is 13.3. The molecule has 3 nitrogen and oxygen atoms in total. The van der Waals surface area contributed by atoms with E-state index in [1.807, 2.05) is 0 Å². The summed E-state index contributed by atoms with van der Waals surface area (Å²) in [5.41, 5.74) is -1.14. The summed E-state index contributed by atoms with van der Waals surface area (Å²) in [5, 5.41) is 0.505. The Labute approximate surface area is 173 Å². The molecule has 2 atom stereocenters. The number of hydrogen-bond acceptors (Lipinski definition) is 3. The molecule has 2 aromatic rings. The van der Waals surface area contributed by atoms with Gasteiger partial charge in [0.25, 0.3) is 0 Å². The lowest BCUT2D eigenvalue weighted by molar-refractivity contribution is -0.137. The van der Waals surface area contributed by atoms with Crippen molar-refractivity contribution in [3.63, 3.8) is 0 Å². The van der Waals surface area contributed by atoms with E-state index in [9.17, 15) is 21.6 Å². The summed E-state index contributed by atoms with van der Waals surface area (Å²) in [7, 11) is -4.14. The van der Waals surface area contributed by atoms with Gasteiger partial charge in [-0.25, -0.2) is 8.42 Å². The second kappa shape index (κ2) is 7.29. The Morgan fingerprint density at radius 3 is 2.28 bits per heavy atom. The van der Waals surface area contributed by atoms with Gasteiger partial charge >= 0.3 is 6.18 Å². The highest BCUT2D eigenvalue weighted by atomic mass is 35.5. The van der Waals surface area contributed by atoms with Crippen LogP contribution in [0.4, 0.5) is 13.2 Å². The van der Waals surface area contributed by atoms with Gasteiger partial charge in [-0.05, 0) is 63.1 Å². The molecule has 2 unspecified atom stereocenters. The standard InChI is InChI=1S/C21H22ClF3O3S/c1-19(2)18(14-7-9-16(22)10-8-14)20(3,11-12-28-19)29(26,27)17-6-4-5-15(13-17)21(23,24)25/h4-10,13,18H,11-12H2,1-3H3. The molecule has 158 valence electrons. The molecule has 0 amide bonds. The second-order valence-electron chi connectivity index (χ2n) is 8.03. The van der Waals surface area contributed by atoms with Crippen molar-refractivity contribution in [2.24, 2.45) is 0 Å². The Balaban J connectivity index is 2.18. The van der Waals surface area contributed by atoms with Crippen molar-refractivity contribution in [1.82, 2.24) is 0 Å². The first-order valence-corrected chi connectivity index (χ1v) is 11.0. The largest absolute Gasteiger partial charge is 0.416 e. The van der Waals surface area contributed by atoms with E-state index >= 15 is 0 Å². The fraction of sp³-hybridized carbons (Fsp3) is 0.429. The predicted molar refractivity (Wildman–Crippen MR) is 106 cm³/mol. The summed E-state index contributed by atoms with van der Waals surface area (Å²) in [4.78, 5) is -0.341. The molecule has 1 heterocycles. The van der Waals surface area contributed by atoms with Crippen molar-refractivity contribution in [1.29, 1.82) is 0 Å². The van der Waals surface area contributed by atoms with Gasteiger partial charge in [0.15, 0.2) is 9.84 Å². The molecule has 3 rings (SSSR count). The third-order valence-corrected chi connectivity index (χ3v) is 8.46. The lowest BCUT2D eigenvalue weighted by atomic mass is 9.72. The maximum Gasteiger partial charge on any atom is 0.416 e. The lowest BCUT2D eigenvalue weighted by Crippen LogP contribution is -2.55. The Hall–Kier alpha value is -1.57. The van der Waals surface area contributed by atoms with Crippen LogP contribution in [0.2, 0.25) is 5.02 Å². The number of alkyl halides is 3. The molecule has 0 aliphatic carbocycles. The normalized spacial score (nSPS) is 25.0. The zero-order chi connectivity index (χ0) is 21.7. The van der Waals surface area contributed by atoms with Gasteiger partial charge in [-0.15, -0.1) is 0 Å². The molecule has 0 aromatic heterocycles. The molecule has 8 heteroatoms. The average molecular weight is 447 g/mol. The van der Waals surface area contributed by atoms with Crippen molar-refractivity contribution in [2.45, 2.75) is 54.5 Å². The second-order valence-corrected chi connectivity index (χ2v) is 10.9. The van der Waals surface area contributed by atoms with Gasteiger partial charge in [-0.2, -0.15) is 13.2 Å². The topological polar surface area (TPSA) is 43.4 Å². The van der Waals surface area contributed by atoms with Gasteiger partial charge in [-0.1, -0.05) is 29.8 Å². The smallest absolute Gasteiger partial charge is 0.375 e. The fourth-order valence-corrected chi connectivity index (χ4v) is 6.57. The Morgan fingerprint density at radius 2 is 1.69 bits per heavy atom. The summed E-state index contributed by atoms with van der Waals surface area (Å²) in [6.07, 6.45) is -4.47. The molecule has 1 fully saturated rings. The van der Waals surface area contributed by atoms with Crippen LogP contribution < -0.4 is 0 Å². The van der Waals surface area contributed by atoms with Crippen LogP contribution in [0.1, 0.15) is 44.2 Å². The lowest BCUT2D eigenvalue weighted by Gasteiger charge is -2.50. The SMILES string of the molecule is CC1(C)OCCC(C)(S(=O)(=O)c2cccc(C(F)(F)F)c2)C1c1ccc(Cl)cc1. The van der Waals surface area contributed by atoms with E-state index in [2.05, 4.69) is 0 Å². The van der Waals surface area contributed by atoms with Gasteiger partial charge in [-0.3, -0.25) is 0 Å². The maximum atomic E-state index is 13.7. The number of hydrogen-bond donors (Lipinski definition) is 0. The van der Waals surface area contributed by atoms with Gasteiger partial charge in [0.05, 0.1) is 20.8 Å². The minimum Gasteiger partial charge on any atom is -0.375 e. The zero-order valence-corrected chi connectivity index (χ0v) is 17.8. The van der Waals surface area contributed by atoms with Crippen molar-refractivity contribution >= 4 is 21.4 Å². The van der Waals surface area contributed by atoms with Crippen molar-refractivity contribution in [3.05, 3.63) is 64.7 Å². The van der Waals surface area contributed by atoms with Gasteiger partial charge in [0, 0.05) is 17.5 Å². The Kier molecular flexibility index (Phi) is 5.56. The number of sulfone groups is 1. The number of ether oxygens (including phenoxy) is 1. The van der Waals surface area contributed by atoms with E-state index in [1.165, 1.54) is 6.07 Å². The first kappa shape index (κ1) is 22.1. The quantitative estimate of drug-likeness (QED) is 0.591. The van der Waals surface area contributed by atoms with Gasteiger partial charge in [0.1, 0.15) is 0 Å². The molecule has 0 saturated carbocycles. The third kappa shape index (κ3) is 3.92. The molecule has 0 N–H and O–H groups in total. The Morgan fingerprint density at radius 1 is 1.07 bits per heavy atom. The van der Waals surface area contributed by atoms with Crippen LogP contribution in [0.25, 0.3) is 0 Å². The van der Waals surface area contributed by atoms with Crippen LogP contribution >= 0.6 is 11.6 Å². The molecule has 1 saturated heterocycles. The van der Waals surface area contributed by atoms with E-state index in [1.54, 1.807) is 45.0 Å². The fourth-order valence-electron chi connectivity index (χ4n) is 4.29. The summed E-state index contributed by atoms with van der Waals surface area (Å²) >= 11 is 5.98. The van der Waals surface area contributed by atoms with Crippen molar-refractivity contribution < 1.29 is 26.3 Å². The van der Waals surface area contributed by atoms with Crippen molar-refractivity contribution in [2.75, 3.05) is 6.61 Å².